The average Bonchev–Trinajstić information content (AvgIpc) is 3.47. The number of hydrogen-bond acceptors (Lipinski definition) is 4. The van der Waals surface area contributed by atoms with Crippen molar-refractivity contribution in [3.8, 4) is 11.4 Å². The van der Waals surface area contributed by atoms with E-state index in [0.717, 1.165) is 42.0 Å². The van der Waals surface area contributed by atoms with Gasteiger partial charge in [0.2, 0.25) is 5.91 Å². The van der Waals surface area contributed by atoms with Gasteiger partial charge in [0, 0.05) is 29.6 Å². The molecule has 1 N–H and O–H groups in total. The zero-order valence-corrected chi connectivity index (χ0v) is 19.8. The van der Waals surface area contributed by atoms with Gasteiger partial charge in [0.15, 0.2) is 0 Å². The number of likely N-dealkylation sites (tertiary alicyclic amines) is 1. The van der Waals surface area contributed by atoms with Crippen molar-refractivity contribution in [1.82, 2.24) is 14.7 Å². The standard InChI is InChI=1S/C26H27ClN4O3/c1-34-23-11-10-18(27)16-21(23)26(33)30-14-12-17(13-15-30)25(32)28-24-20-8-5-9-22(20)29-31(24)19-6-3-2-4-7-19/h2-4,6-7,10-11,16-17H,5,8-9,12-15H2,1H3,(H,28,32). The lowest BCUT2D eigenvalue weighted by molar-refractivity contribution is -0.121. The number of piperidine rings is 1. The lowest BCUT2D eigenvalue weighted by atomic mass is 9.95. The van der Waals surface area contributed by atoms with E-state index in [1.54, 1.807) is 23.1 Å². The predicted molar refractivity (Wildman–Crippen MR) is 131 cm³/mol. The van der Waals surface area contributed by atoms with Crippen LogP contribution in [0.5, 0.6) is 5.75 Å². The van der Waals surface area contributed by atoms with Crippen molar-refractivity contribution in [3.63, 3.8) is 0 Å². The molecular weight excluding hydrogens is 452 g/mol. The van der Waals surface area contributed by atoms with Gasteiger partial charge in [-0.2, -0.15) is 5.10 Å². The van der Waals surface area contributed by atoms with Gasteiger partial charge < -0.3 is 15.0 Å². The molecule has 2 heterocycles. The molecule has 1 aromatic heterocycles. The van der Waals surface area contributed by atoms with Crippen LogP contribution >= 0.6 is 11.6 Å². The van der Waals surface area contributed by atoms with Crippen LogP contribution in [0, 0.1) is 5.92 Å². The van der Waals surface area contributed by atoms with E-state index in [1.807, 2.05) is 35.0 Å². The predicted octanol–water partition coefficient (Wildman–Crippen LogP) is 4.51. The molecule has 2 amide bonds. The summed E-state index contributed by atoms with van der Waals surface area (Å²) in [5.41, 5.74) is 3.58. The number of hydrogen-bond donors (Lipinski definition) is 1. The number of nitrogens with one attached hydrogen (secondary N) is 1. The van der Waals surface area contributed by atoms with Gasteiger partial charge >= 0.3 is 0 Å². The summed E-state index contributed by atoms with van der Waals surface area (Å²) in [5.74, 6) is 0.974. The zero-order chi connectivity index (χ0) is 23.7. The Morgan fingerprint density at radius 2 is 1.85 bits per heavy atom. The Bertz CT molecular complexity index is 1220. The topological polar surface area (TPSA) is 76.5 Å². The number of halogens is 1. The van der Waals surface area contributed by atoms with Gasteiger partial charge in [0.25, 0.3) is 5.91 Å². The van der Waals surface area contributed by atoms with Crippen molar-refractivity contribution >= 4 is 29.2 Å². The first-order valence-corrected chi connectivity index (χ1v) is 12.0. The van der Waals surface area contributed by atoms with Crippen LogP contribution in [0.15, 0.2) is 48.5 Å². The highest BCUT2D eigenvalue weighted by atomic mass is 35.5. The van der Waals surface area contributed by atoms with Gasteiger partial charge in [-0.1, -0.05) is 29.8 Å². The van der Waals surface area contributed by atoms with Crippen molar-refractivity contribution in [2.75, 3.05) is 25.5 Å². The number of anilines is 1. The van der Waals surface area contributed by atoms with E-state index in [-0.39, 0.29) is 17.7 Å². The number of rotatable bonds is 5. The van der Waals surface area contributed by atoms with E-state index >= 15 is 0 Å². The molecule has 1 saturated heterocycles. The molecule has 7 nitrogen and oxygen atoms in total. The Balaban J connectivity index is 1.28. The number of methoxy groups -OCH3 is 1. The number of aromatic nitrogens is 2. The largest absolute Gasteiger partial charge is 0.496 e. The first kappa shape index (κ1) is 22.5. The Labute approximate surface area is 203 Å². The Morgan fingerprint density at radius 3 is 2.59 bits per heavy atom. The van der Waals surface area contributed by atoms with Crippen molar-refractivity contribution in [3.05, 3.63) is 70.4 Å². The molecule has 0 saturated carbocycles. The Morgan fingerprint density at radius 1 is 1.09 bits per heavy atom. The van der Waals surface area contributed by atoms with Gasteiger partial charge in [-0.15, -0.1) is 0 Å². The number of aryl methyl sites for hydroxylation is 1. The summed E-state index contributed by atoms with van der Waals surface area (Å²) in [6, 6.07) is 14.9. The summed E-state index contributed by atoms with van der Waals surface area (Å²) >= 11 is 6.10. The van der Waals surface area contributed by atoms with Crippen molar-refractivity contribution in [1.29, 1.82) is 0 Å². The van der Waals surface area contributed by atoms with E-state index < -0.39 is 0 Å². The molecule has 0 bridgehead atoms. The Kier molecular flexibility index (Phi) is 6.28. The molecule has 3 aromatic rings. The number of carbonyl (C=O) groups is 2. The van der Waals surface area contributed by atoms with Crippen molar-refractivity contribution < 1.29 is 14.3 Å². The van der Waals surface area contributed by atoms with Crippen LogP contribution in [0.2, 0.25) is 5.02 Å². The van der Waals surface area contributed by atoms with Crippen LogP contribution in [0.3, 0.4) is 0 Å². The second kappa shape index (κ2) is 9.50. The number of benzene rings is 2. The summed E-state index contributed by atoms with van der Waals surface area (Å²) in [6.45, 7) is 1.01. The first-order chi connectivity index (χ1) is 16.5. The molecular formula is C26H27ClN4O3. The third kappa shape index (κ3) is 4.28. The lowest BCUT2D eigenvalue weighted by Crippen LogP contribution is -2.41. The molecule has 0 spiro atoms. The van der Waals surface area contributed by atoms with Gasteiger partial charge in [-0.3, -0.25) is 9.59 Å². The van der Waals surface area contributed by atoms with Crippen molar-refractivity contribution in [2.45, 2.75) is 32.1 Å². The molecule has 2 aromatic carbocycles. The number of nitrogens with zero attached hydrogens (tertiary/aromatic N) is 3. The minimum atomic E-state index is -0.165. The quantitative estimate of drug-likeness (QED) is 0.585. The van der Waals surface area contributed by atoms with Crippen LogP contribution in [0.1, 0.15) is 40.9 Å². The number of para-hydroxylation sites is 1. The highest BCUT2D eigenvalue weighted by Gasteiger charge is 2.31. The van der Waals surface area contributed by atoms with E-state index in [0.29, 0.717) is 42.3 Å². The third-order valence-corrected chi connectivity index (χ3v) is 6.93. The molecule has 176 valence electrons. The van der Waals surface area contributed by atoms with Gasteiger partial charge in [0.1, 0.15) is 11.6 Å². The maximum absolute atomic E-state index is 13.2. The zero-order valence-electron chi connectivity index (χ0n) is 19.1. The minimum Gasteiger partial charge on any atom is -0.496 e. The molecule has 5 rings (SSSR count). The van der Waals surface area contributed by atoms with E-state index in [1.165, 1.54) is 7.11 Å². The molecule has 1 fully saturated rings. The SMILES string of the molecule is COc1ccc(Cl)cc1C(=O)N1CCC(C(=O)Nc2c3c(nn2-c2ccccc2)CCC3)CC1. The molecule has 8 heteroatoms. The Hall–Kier alpha value is -3.32. The number of amides is 2. The maximum Gasteiger partial charge on any atom is 0.257 e. The van der Waals surface area contributed by atoms with Gasteiger partial charge in [-0.05, 0) is 62.4 Å². The maximum atomic E-state index is 13.2. The molecule has 1 aliphatic carbocycles. The van der Waals surface area contributed by atoms with Crippen LogP contribution in [0.4, 0.5) is 5.82 Å². The second-order valence-corrected chi connectivity index (χ2v) is 9.21. The van der Waals surface area contributed by atoms with Crippen molar-refractivity contribution in [2.24, 2.45) is 5.92 Å². The molecule has 0 radical (unpaired) electrons. The molecule has 0 atom stereocenters. The van der Waals surface area contributed by atoms with E-state index in [4.69, 9.17) is 21.4 Å². The second-order valence-electron chi connectivity index (χ2n) is 8.78. The molecule has 2 aliphatic rings. The summed E-state index contributed by atoms with van der Waals surface area (Å²) in [7, 11) is 1.54. The molecule has 1 aliphatic heterocycles. The highest BCUT2D eigenvalue weighted by Crippen LogP contribution is 2.32. The molecule has 0 unspecified atom stereocenters. The van der Waals surface area contributed by atoms with Crippen LogP contribution < -0.4 is 10.1 Å². The van der Waals surface area contributed by atoms with Crippen LogP contribution in [0.25, 0.3) is 5.69 Å². The fourth-order valence-corrected chi connectivity index (χ4v) is 5.03. The average molecular weight is 479 g/mol. The molecule has 34 heavy (non-hydrogen) atoms. The number of ether oxygens (including phenoxy) is 1. The highest BCUT2D eigenvalue weighted by molar-refractivity contribution is 6.31. The van der Waals surface area contributed by atoms with E-state index in [9.17, 15) is 9.59 Å². The first-order valence-electron chi connectivity index (χ1n) is 11.6. The van der Waals surface area contributed by atoms with Gasteiger partial charge in [-0.25, -0.2) is 4.68 Å². The number of carbonyl (C=O) groups excluding carboxylic acids is 2. The van der Waals surface area contributed by atoms with Crippen LogP contribution in [-0.2, 0) is 17.6 Å². The van der Waals surface area contributed by atoms with Gasteiger partial charge in [0.05, 0.1) is 24.1 Å². The lowest BCUT2D eigenvalue weighted by Gasteiger charge is -2.31. The summed E-state index contributed by atoms with van der Waals surface area (Å²) < 4.78 is 7.19. The summed E-state index contributed by atoms with van der Waals surface area (Å²) in [6.07, 6.45) is 4.12. The monoisotopic (exact) mass is 478 g/mol. The summed E-state index contributed by atoms with van der Waals surface area (Å²) in [4.78, 5) is 28.1. The fraction of sp³-hybridized carbons (Fsp3) is 0.346. The van der Waals surface area contributed by atoms with Crippen LogP contribution in [-0.4, -0.2) is 46.7 Å². The third-order valence-electron chi connectivity index (χ3n) is 6.69. The van der Waals surface area contributed by atoms with E-state index in [2.05, 4.69) is 5.32 Å². The summed E-state index contributed by atoms with van der Waals surface area (Å²) in [5, 5.41) is 8.45. The fourth-order valence-electron chi connectivity index (χ4n) is 4.86. The minimum absolute atomic E-state index is 0.0146. The normalized spacial score (nSPS) is 15.8. The smallest absolute Gasteiger partial charge is 0.257 e. The number of fused-ring (bicyclic) bond motifs is 1.